The molecule has 0 aliphatic carbocycles. The van der Waals surface area contributed by atoms with Crippen LogP contribution in [0.3, 0.4) is 0 Å². The molecule has 0 amide bonds. The maximum Gasteiger partial charge on any atom is 0.416 e. The Bertz CT molecular complexity index is 700. The lowest BCUT2D eigenvalue weighted by atomic mass is 10.2. The van der Waals surface area contributed by atoms with Gasteiger partial charge in [-0.3, -0.25) is 14.2 Å². The van der Waals surface area contributed by atoms with Gasteiger partial charge in [0.2, 0.25) is 0 Å². The van der Waals surface area contributed by atoms with Crippen LogP contribution in [0.2, 0.25) is 0 Å². The van der Waals surface area contributed by atoms with E-state index in [2.05, 4.69) is 0 Å². The molecule has 104 valence electrons. The highest BCUT2D eigenvalue weighted by molar-refractivity contribution is 5.93. The summed E-state index contributed by atoms with van der Waals surface area (Å²) in [7, 11) is 0. The van der Waals surface area contributed by atoms with Crippen LogP contribution in [0.15, 0.2) is 47.4 Å². The quantitative estimate of drug-likeness (QED) is 0.794. The lowest BCUT2D eigenvalue weighted by Gasteiger charge is -2.10. The van der Waals surface area contributed by atoms with Gasteiger partial charge in [0.25, 0.3) is 5.56 Å². The first-order valence-electron chi connectivity index (χ1n) is 5.70. The van der Waals surface area contributed by atoms with Crippen LogP contribution in [0.25, 0.3) is 5.69 Å². The highest BCUT2D eigenvalue weighted by atomic mass is 19.4. The molecule has 1 heterocycles. The average Bonchev–Trinajstić information content (AvgIpc) is 2.38. The van der Waals surface area contributed by atoms with E-state index < -0.39 is 17.3 Å². The summed E-state index contributed by atoms with van der Waals surface area (Å²) in [6.45, 7) is 1.34. The summed E-state index contributed by atoms with van der Waals surface area (Å²) >= 11 is 0. The second-order valence-electron chi connectivity index (χ2n) is 4.23. The van der Waals surface area contributed by atoms with Crippen LogP contribution >= 0.6 is 0 Å². The zero-order valence-electron chi connectivity index (χ0n) is 10.4. The van der Waals surface area contributed by atoms with E-state index in [9.17, 15) is 22.8 Å². The van der Waals surface area contributed by atoms with Crippen molar-refractivity contribution in [2.24, 2.45) is 0 Å². The summed E-state index contributed by atoms with van der Waals surface area (Å²) in [4.78, 5) is 23.0. The van der Waals surface area contributed by atoms with Crippen molar-refractivity contribution in [2.75, 3.05) is 0 Å². The molecule has 0 bridgehead atoms. The Balaban J connectivity index is 2.49. The number of alkyl halides is 3. The van der Waals surface area contributed by atoms with Crippen molar-refractivity contribution in [1.29, 1.82) is 0 Å². The van der Waals surface area contributed by atoms with Gasteiger partial charge in [0.15, 0.2) is 5.78 Å². The van der Waals surface area contributed by atoms with Crippen LogP contribution in [0.4, 0.5) is 13.2 Å². The summed E-state index contributed by atoms with van der Waals surface area (Å²) in [6, 6.07) is 6.74. The van der Waals surface area contributed by atoms with Crippen LogP contribution in [0, 0.1) is 0 Å². The van der Waals surface area contributed by atoms with Crippen LogP contribution < -0.4 is 5.56 Å². The summed E-state index contributed by atoms with van der Waals surface area (Å²) in [5.74, 6) is -0.231. The minimum Gasteiger partial charge on any atom is -0.294 e. The minimum atomic E-state index is -4.43. The van der Waals surface area contributed by atoms with Gasteiger partial charge in [-0.05, 0) is 37.3 Å². The Morgan fingerprint density at radius 2 is 1.65 bits per heavy atom. The number of pyridine rings is 1. The minimum absolute atomic E-state index is 0.231. The van der Waals surface area contributed by atoms with E-state index in [1.54, 1.807) is 0 Å². The first-order valence-corrected chi connectivity index (χ1v) is 5.70. The van der Waals surface area contributed by atoms with Crippen molar-refractivity contribution < 1.29 is 18.0 Å². The first kappa shape index (κ1) is 14.0. The van der Waals surface area contributed by atoms with Gasteiger partial charge in [0.05, 0.1) is 5.56 Å². The van der Waals surface area contributed by atoms with E-state index >= 15 is 0 Å². The Kier molecular flexibility index (Phi) is 3.48. The van der Waals surface area contributed by atoms with Crippen molar-refractivity contribution in [2.45, 2.75) is 13.1 Å². The summed E-state index contributed by atoms with van der Waals surface area (Å²) in [6.07, 6.45) is -3.11. The van der Waals surface area contributed by atoms with Crippen LogP contribution in [-0.4, -0.2) is 10.4 Å². The monoisotopic (exact) mass is 281 g/mol. The van der Waals surface area contributed by atoms with Gasteiger partial charge < -0.3 is 0 Å². The van der Waals surface area contributed by atoms with Crippen LogP contribution in [0.1, 0.15) is 22.8 Å². The van der Waals surface area contributed by atoms with Gasteiger partial charge in [-0.15, -0.1) is 0 Å². The molecule has 0 fully saturated rings. The number of ketones is 1. The smallest absolute Gasteiger partial charge is 0.294 e. The van der Waals surface area contributed by atoms with E-state index in [1.807, 2.05) is 0 Å². The molecule has 1 aromatic heterocycles. The van der Waals surface area contributed by atoms with Gasteiger partial charge in [-0.1, -0.05) is 0 Å². The van der Waals surface area contributed by atoms with Crippen LogP contribution in [-0.2, 0) is 6.18 Å². The van der Waals surface area contributed by atoms with E-state index in [1.165, 1.54) is 37.4 Å². The van der Waals surface area contributed by atoms with Gasteiger partial charge in [0.1, 0.15) is 0 Å². The maximum atomic E-state index is 12.5. The van der Waals surface area contributed by atoms with Gasteiger partial charge in [-0.2, -0.15) is 13.2 Å². The number of hydrogen-bond donors (Lipinski definition) is 0. The summed E-state index contributed by atoms with van der Waals surface area (Å²) in [5.41, 5.74) is -0.637. The predicted octanol–water partition coefficient (Wildman–Crippen LogP) is 3.06. The van der Waals surface area contributed by atoms with Gasteiger partial charge >= 0.3 is 6.18 Å². The maximum absolute atomic E-state index is 12.5. The number of halogens is 3. The third kappa shape index (κ3) is 2.79. The lowest BCUT2D eigenvalue weighted by molar-refractivity contribution is -0.137. The molecule has 6 heteroatoms. The number of Topliss-reactive ketones (excluding diaryl/α,β-unsaturated/α-hetero) is 1. The molecule has 0 unspecified atom stereocenters. The third-order valence-corrected chi connectivity index (χ3v) is 2.79. The predicted molar refractivity (Wildman–Crippen MR) is 67.0 cm³/mol. The van der Waals surface area contributed by atoms with Crippen molar-refractivity contribution in [3.05, 3.63) is 64.1 Å². The first-order chi connectivity index (χ1) is 9.29. The van der Waals surface area contributed by atoms with E-state index in [-0.39, 0.29) is 11.5 Å². The summed E-state index contributed by atoms with van der Waals surface area (Å²) in [5, 5.41) is 0. The van der Waals surface area contributed by atoms with E-state index in [0.29, 0.717) is 5.56 Å². The standard InChI is InChI=1S/C14H10F3NO2/c1-9(19)10-2-7-13(20)18(8-10)12-5-3-11(4-6-12)14(15,16)17/h2-8H,1H3. The van der Waals surface area contributed by atoms with E-state index in [0.717, 1.165) is 16.7 Å². The molecule has 0 saturated heterocycles. The molecule has 3 nitrogen and oxygen atoms in total. The number of benzene rings is 1. The van der Waals surface area contributed by atoms with Crippen molar-refractivity contribution >= 4 is 5.78 Å². The molecule has 0 aliphatic heterocycles. The zero-order valence-corrected chi connectivity index (χ0v) is 10.4. The van der Waals surface area contributed by atoms with Gasteiger partial charge in [-0.25, -0.2) is 0 Å². The Morgan fingerprint density at radius 3 is 2.15 bits per heavy atom. The second kappa shape index (κ2) is 4.96. The second-order valence-corrected chi connectivity index (χ2v) is 4.23. The lowest BCUT2D eigenvalue weighted by Crippen LogP contribution is -2.18. The molecular weight excluding hydrogens is 271 g/mol. The normalized spacial score (nSPS) is 11.4. The highest BCUT2D eigenvalue weighted by Crippen LogP contribution is 2.29. The van der Waals surface area contributed by atoms with Crippen molar-refractivity contribution in [3.8, 4) is 5.69 Å². The molecule has 2 aromatic rings. The fourth-order valence-electron chi connectivity index (χ4n) is 1.71. The fourth-order valence-corrected chi connectivity index (χ4v) is 1.71. The molecule has 0 radical (unpaired) electrons. The van der Waals surface area contributed by atoms with Crippen LogP contribution in [0.5, 0.6) is 0 Å². The fraction of sp³-hybridized carbons (Fsp3) is 0.143. The third-order valence-electron chi connectivity index (χ3n) is 2.79. The molecule has 0 atom stereocenters. The van der Waals surface area contributed by atoms with Gasteiger partial charge in [0, 0.05) is 23.5 Å². The average molecular weight is 281 g/mol. The highest BCUT2D eigenvalue weighted by Gasteiger charge is 2.30. The zero-order chi connectivity index (χ0) is 14.9. The van der Waals surface area contributed by atoms with Crippen molar-refractivity contribution in [3.63, 3.8) is 0 Å². The Labute approximate surface area is 112 Å². The molecule has 0 saturated carbocycles. The molecule has 0 aliphatic rings. The molecule has 1 aromatic carbocycles. The number of aromatic nitrogens is 1. The number of hydrogen-bond acceptors (Lipinski definition) is 2. The molecule has 0 N–H and O–H groups in total. The molecule has 20 heavy (non-hydrogen) atoms. The summed E-state index contributed by atoms with van der Waals surface area (Å²) < 4.78 is 38.5. The Hall–Kier alpha value is -2.37. The topological polar surface area (TPSA) is 39.1 Å². The number of carbonyl (C=O) groups is 1. The van der Waals surface area contributed by atoms with Crippen molar-refractivity contribution in [1.82, 2.24) is 4.57 Å². The largest absolute Gasteiger partial charge is 0.416 e. The SMILES string of the molecule is CC(=O)c1ccc(=O)n(-c2ccc(C(F)(F)F)cc2)c1. The molecule has 0 spiro atoms. The number of rotatable bonds is 2. The number of carbonyl (C=O) groups excluding carboxylic acids is 1. The number of nitrogens with zero attached hydrogens (tertiary/aromatic N) is 1. The van der Waals surface area contributed by atoms with E-state index in [4.69, 9.17) is 0 Å². The molecular formula is C14H10F3NO2. The molecule has 2 rings (SSSR count). The Morgan fingerprint density at radius 1 is 1.05 bits per heavy atom.